The number of aliphatic hydroxyl groups is 4. The van der Waals surface area contributed by atoms with E-state index >= 15 is 0 Å². The van der Waals surface area contributed by atoms with Crippen molar-refractivity contribution in [2.75, 3.05) is 32.2 Å². The minimum Gasteiger partial charge on any atom is -1.00 e. The second-order valence-electron chi connectivity index (χ2n) is 20.9. The first-order valence-corrected chi connectivity index (χ1v) is 22.3. The molecule has 9 fully saturated rings. The molecule has 0 amide bonds. The predicted octanol–water partition coefficient (Wildman–Crippen LogP) is 0.510. The Morgan fingerprint density at radius 2 is 1.76 bits per heavy atom. The van der Waals surface area contributed by atoms with Gasteiger partial charge in [-0.25, -0.2) is 9.59 Å². The standard InChI is InChI=1S/C46H61N2O10.ClH/c1-5-26-27-19-33-38-44(31-8-6-7-9-32(31)47(38)3)21-34(37(27)39(44)51)48(33,40(26)52)22-36(50)58-25-10-16-45(41(53)56-4)29-11-14-42(2)28(24-18-35(49)57-23-24)13-17-46(42,55)30(29)12-15-43(45,54)20-25;/h6-9,18,25-30,33-34,37-40,51-52,54-55H,5,10-17,19-23H2,1-4H3;1H/q+1;/p-1. The van der Waals surface area contributed by atoms with E-state index in [1.807, 2.05) is 6.07 Å². The van der Waals surface area contributed by atoms with Crippen LogP contribution in [0.2, 0.25) is 0 Å². The molecule has 4 N–H and O–H groups in total. The number of cyclic esters (lactones) is 1. The molecule has 59 heavy (non-hydrogen) atoms. The number of benzene rings is 1. The number of quaternary nitrogens is 1. The van der Waals surface area contributed by atoms with Gasteiger partial charge in [-0.1, -0.05) is 32.0 Å². The van der Waals surface area contributed by atoms with Crippen LogP contribution in [0, 0.1) is 46.3 Å². The third-order valence-electron chi connectivity index (χ3n) is 19.9. The number of hydrogen-bond donors (Lipinski definition) is 4. The van der Waals surface area contributed by atoms with Crippen molar-refractivity contribution in [3.05, 3.63) is 41.5 Å². The minimum atomic E-state index is -1.50. The molecule has 0 radical (unpaired) electrons. The third-order valence-corrected chi connectivity index (χ3v) is 19.9. The summed E-state index contributed by atoms with van der Waals surface area (Å²) in [5, 5.41) is 50.6. The molecule has 5 saturated carbocycles. The molecule has 1 aromatic carbocycles. The summed E-state index contributed by atoms with van der Waals surface area (Å²) >= 11 is 0. The number of esters is 3. The van der Waals surface area contributed by atoms with Crippen LogP contribution in [0.1, 0.15) is 96.5 Å². The van der Waals surface area contributed by atoms with Gasteiger partial charge in [0.1, 0.15) is 18.8 Å². The monoisotopic (exact) mass is 836 g/mol. The lowest BCUT2D eigenvalue weighted by molar-refractivity contribution is -1.03. The minimum absolute atomic E-state index is 0. The van der Waals surface area contributed by atoms with Crippen LogP contribution < -0.4 is 17.3 Å². The van der Waals surface area contributed by atoms with Gasteiger partial charge in [0.2, 0.25) is 0 Å². The van der Waals surface area contributed by atoms with Gasteiger partial charge in [0.05, 0.1) is 47.3 Å². The molecule has 1 aromatic rings. The maximum absolute atomic E-state index is 14.6. The van der Waals surface area contributed by atoms with Crippen molar-refractivity contribution in [2.45, 2.75) is 144 Å². The third kappa shape index (κ3) is 4.52. The number of aliphatic hydroxyl groups excluding tert-OH is 2. The molecule has 18 unspecified atom stereocenters. The Morgan fingerprint density at radius 3 is 2.49 bits per heavy atom. The molecule has 13 heteroatoms. The van der Waals surface area contributed by atoms with Gasteiger partial charge < -0.3 is 51.9 Å². The first kappa shape index (κ1) is 40.3. The fraction of sp³-hybridized carbons (Fsp3) is 0.761. The number of likely N-dealkylation sites (N-methyl/N-ethyl adjacent to an activating group) is 1. The molecule has 322 valence electrons. The van der Waals surface area contributed by atoms with E-state index in [9.17, 15) is 34.8 Å². The highest BCUT2D eigenvalue weighted by molar-refractivity contribution is 5.85. The highest BCUT2D eigenvalue weighted by Crippen LogP contribution is 2.73. The summed E-state index contributed by atoms with van der Waals surface area (Å²) in [6.07, 6.45) is 6.02. The molecule has 6 aliphatic heterocycles. The number of piperidine rings is 4. The summed E-state index contributed by atoms with van der Waals surface area (Å²) in [4.78, 5) is 43.2. The van der Waals surface area contributed by atoms with Crippen LogP contribution >= 0.6 is 0 Å². The fourth-order valence-corrected chi connectivity index (χ4v) is 17.9. The smallest absolute Gasteiger partial charge is 0.362 e. The number of nitrogens with zero attached hydrogens (tertiary/aromatic N) is 2. The zero-order valence-electron chi connectivity index (χ0n) is 34.7. The molecule has 6 heterocycles. The maximum atomic E-state index is 14.6. The summed E-state index contributed by atoms with van der Waals surface area (Å²) < 4.78 is 17.5. The van der Waals surface area contributed by atoms with Gasteiger partial charge in [0.15, 0.2) is 12.8 Å². The van der Waals surface area contributed by atoms with Crippen LogP contribution in [0.3, 0.4) is 0 Å². The number of anilines is 1. The fourth-order valence-electron chi connectivity index (χ4n) is 17.9. The van der Waals surface area contributed by atoms with Gasteiger partial charge in [-0.3, -0.25) is 9.28 Å². The Balaban J connectivity index is 0.00000420. The quantitative estimate of drug-likeness (QED) is 0.180. The highest BCUT2D eigenvalue weighted by atomic mass is 35.5. The Kier molecular flexibility index (Phi) is 8.83. The Bertz CT molecular complexity index is 2020. The molecule has 12 nitrogen and oxygen atoms in total. The largest absolute Gasteiger partial charge is 1.00 e. The molecule has 18 atom stereocenters. The second kappa shape index (κ2) is 12.9. The van der Waals surface area contributed by atoms with Gasteiger partial charge in [0.25, 0.3) is 0 Å². The van der Waals surface area contributed by atoms with Crippen molar-refractivity contribution >= 4 is 23.6 Å². The Hall–Kier alpha value is -2.74. The lowest BCUT2D eigenvalue weighted by Crippen LogP contribution is -3.00. The van der Waals surface area contributed by atoms with Crippen molar-refractivity contribution in [3.63, 3.8) is 0 Å². The molecule has 12 rings (SSSR count). The van der Waals surface area contributed by atoms with Gasteiger partial charge in [0, 0.05) is 55.3 Å². The SMILES string of the molecule is CCC1C2CC3C4N(C)c5ccccc5C45CC(C2C5O)[N+]3(CC(=O)OC2CCC3(C(=O)OC)C4CCC5(C)C(C6=CC(=O)OC6)CCC5(O)C4CCC3(O)C2)C1O.[Cl-]. The van der Waals surface area contributed by atoms with E-state index in [1.165, 1.54) is 12.7 Å². The van der Waals surface area contributed by atoms with Gasteiger partial charge in [-0.15, -0.1) is 0 Å². The van der Waals surface area contributed by atoms with Crippen molar-refractivity contribution in [1.29, 1.82) is 0 Å². The van der Waals surface area contributed by atoms with Crippen molar-refractivity contribution in [1.82, 2.24) is 0 Å². The predicted molar refractivity (Wildman–Crippen MR) is 208 cm³/mol. The maximum Gasteiger partial charge on any atom is 0.362 e. The van der Waals surface area contributed by atoms with Gasteiger partial charge >= 0.3 is 17.9 Å². The van der Waals surface area contributed by atoms with Crippen LogP contribution in [-0.4, -0.2) is 118 Å². The van der Waals surface area contributed by atoms with Crippen LogP contribution in [0.25, 0.3) is 0 Å². The Labute approximate surface area is 352 Å². The van der Waals surface area contributed by atoms with E-state index in [0.29, 0.717) is 38.5 Å². The average Bonchev–Trinajstić information content (AvgIpc) is 3.89. The molecule has 4 saturated heterocycles. The van der Waals surface area contributed by atoms with E-state index < -0.39 is 57.8 Å². The topological polar surface area (TPSA) is 163 Å². The van der Waals surface area contributed by atoms with Crippen LogP contribution in [0.15, 0.2) is 35.9 Å². The normalized spacial score (nSPS) is 51.7. The molecular weight excluding hydrogens is 776 g/mol. The number of halogens is 1. The first-order chi connectivity index (χ1) is 27.7. The molecular formula is C46H61ClN2O10. The second-order valence-corrected chi connectivity index (χ2v) is 20.9. The first-order valence-electron chi connectivity index (χ1n) is 22.3. The highest BCUT2D eigenvalue weighted by Gasteiger charge is 2.83. The molecule has 1 spiro atoms. The lowest BCUT2D eigenvalue weighted by atomic mass is 9.41. The summed E-state index contributed by atoms with van der Waals surface area (Å²) in [6.45, 7) is 4.49. The average molecular weight is 837 g/mol. The van der Waals surface area contributed by atoms with Gasteiger partial charge in [-0.2, -0.15) is 0 Å². The summed E-state index contributed by atoms with van der Waals surface area (Å²) in [7, 11) is 3.48. The van der Waals surface area contributed by atoms with E-state index in [-0.39, 0.29) is 109 Å². The van der Waals surface area contributed by atoms with Crippen LogP contribution in [-0.2, 0) is 34.0 Å². The summed E-state index contributed by atoms with van der Waals surface area (Å²) in [6, 6.07) is 8.21. The van der Waals surface area contributed by atoms with Crippen molar-refractivity contribution in [2.24, 2.45) is 46.3 Å². The van der Waals surface area contributed by atoms with Crippen LogP contribution in [0.5, 0.6) is 0 Å². The zero-order chi connectivity index (χ0) is 40.5. The van der Waals surface area contributed by atoms with Crippen LogP contribution in [0.4, 0.5) is 5.69 Å². The number of carbonyl (C=O) groups excluding carboxylic acids is 3. The number of ether oxygens (including phenoxy) is 3. The van der Waals surface area contributed by atoms with E-state index in [1.54, 1.807) is 6.08 Å². The zero-order valence-corrected chi connectivity index (χ0v) is 35.5. The Morgan fingerprint density at radius 1 is 1.00 bits per heavy atom. The lowest BCUT2D eigenvalue weighted by Gasteiger charge is -2.67. The molecule has 0 aromatic heterocycles. The number of rotatable bonds is 6. The molecule has 5 bridgehead atoms. The van der Waals surface area contributed by atoms with E-state index in [4.69, 9.17) is 14.2 Å². The van der Waals surface area contributed by atoms with E-state index in [2.05, 4.69) is 44.0 Å². The number of methoxy groups -OCH3 is 1. The summed E-state index contributed by atoms with van der Waals surface area (Å²) in [5.74, 6) is -1.64. The van der Waals surface area contributed by atoms with Crippen molar-refractivity contribution in [3.8, 4) is 0 Å². The van der Waals surface area contributed by atoms with Gasteiger partial charge in [-0.05, 0) is 98.7 Å². The van der Waals surface area contributed by atoms with E-state index in [0.717, 1.165) is 30.5 Å². The molecule has 11 aliphatic rings. The van der Waals surface area contributed by atoms with Crippen molar-refractivity contribution < 1.29 is 65.9 Å². The number of para-hydroxylation sites is 1. The molecule has 5 aliphatic carbocycles. The number of hydrogen-bond acceptors (Lipinski definition) is 11. The summed E-state index contributed by atoms with van der Waals surface area (Å²) in [5.41, 5.74) is -1.55. The number of carbonyl (C=O) groups is 3. The number of fused-ring (bicyclic) bond motifs is 7.